The van der Waals surface area contributed by atoms with Gasteiger partial charge in [-0.05, 0) is 25.0 Å². The van der Waals surface area contributed by atoms with Crippen LogP contribution in [0.3, 0.4) is 0 Å². The van der Waals surface area contributed by atoms with Gasteiger partial charge in [0, 0.05) is 17.8 Å². The van der Waals surface area contributed by atoms with Crippen molar-refractivity contribution in [1.29, 1.82) is 0 Å². The maximum atomic E-state index is 11.6. The Morgan fingerprint density at radius 1 is 1.67 bits per heavy atom. The van der Waals surface area contributed by atoms with Crippen LogP contribution >= 0.6 is 11.6 Å². The fourth-order valence-corrected chi connectivity index (χ4v) is 1.62. The van der Waals surface area contributed by atoms with Crippen molar-refractivity contribution in [3.05, 3.63) is 23.4 Å². The zero-order valence-electron chi connectivity index (χ0n) is 8.07. The smallest absolute Gasteiger partial charge is 0.254 e. The normalized spacial score (nSPS) is 20.2. The fraction of sp³-hybridized carbons (Fsp3) is 0.400. The second-order valence-electron chi connectivity index (χ2n) is 3.35. The van der Waals surface area contributed by atoms with E-state index < -0.39 is 0 Å². The summed E-state index contributed by atoms with van der Waals surface area (Å²) < 4.78 is 5.24. The van der Waals surface area contributed by atoms with Gasteiger partial charge in [0.2, 0.25) is 0 Å². The third-order valence-electron chi connectivity index (χ3n) is 2.20. The molecule has 0 radical (unpaired) electrons. The second-order valence-corrected chi connectivity index (χ2v) is 3.79. The van der Waals surface area contributed by atoms with Crippen LogP contribution in [0.1, 0.15) is 12.8 Å². The molecule has 4 nitrogen and oxygen atoms in total. The Labute approximate surface area is 92.6 Å². The van der Waals surface area contributed by atoms with Gasteiger partial charge in [-0.3, -0.25) is 4.79 Å². The van der Waals surface area contributed by atoms with Crippen molar-refractivity contribution in [2.75, 3.05) is 11.9 Å². The Bertz CT molecular complexity index is 364. The van der Waals surface area contributed by atoms with E-state index in [9.17, 15) is 4.79 Å². The number of carbonyl (C=O) groups excluding carboxylic acids is 1. The minimum absolute atomic E-state index is 0.151. The van der Waals surface area contributed by atoms with Gasteiger partial charge in [0.15, 0.2) is 0 Å². The predicted octanol–water partition coefficient (Wildman–Crippen LogP) is 1.85. The summed E-state index contributed by atoms with van der Waals surface area (Å²) in [5, 5.41) is 3.21. The highest BCUT2D eigenvalue weighted by Crippen LogP contribution is 2.16. The second kappa shape index (κ2) is 4.59. The largest absolute Gasteiger partial charge is 0.368 e. The summed E-state index contributed by atoms with van der Waals surface area (Å²) in [6.45, 7) is 0.654. The van der Waals surface area contributed by atoms with E-state index in [1.54, 1.807) is 18.3 Å². The number of aromatic nitrogens is 1. The van der Waals surface area contributed by atoms with E-state index in [2.05, 4.69) is 10.3 Å². The molecular formula is C10H11ClN2O2. The maximum absolute atomic E-state index is 11.6. The summed E-state index contributed by atoms with van der Waals surface area (Å²) in [5.41, 5.74) is 0. The third-order valence-corrected chi connectivity index (χ3v) is 2.43. The number of hydrogen-bond donors (Lipinski definition) is 1. The van der Waals surface area contributed by atoms with Crippen LogP contribution in [0.5, 0.6) is 0 Å². The van der Waals surface area contributed by atoms with Crippen molar-refractivity contribution in [3.63, 3.8) is 0 Å². The highest BCUT2D eigenvalue weighted by molar-refractivity contribution is 6.30. The SMILES string of the molecule is O=C(Nc1cc(Cl)ccn1)C1CCCO1. The number of nitrogens with zero attached hydrogens (tertiary/aromatic N) is 1. The first kappa shape index (κ1) is 10.4. The molecule has 1 aromatic rings. The predicted molar refractivity (Wildman–Crippen MR) is 56.9 cm³/mol. The average molecular weight is 227 g/mol. The molecule has 80 valence electrons. The van der Waals surface area contributed by atoms with Gasteiger partial charge >= 0.3 is 0 Å². The molecule has 2 rings (SSSR count). The first-order chi connectivity index (χ1) is 7.25. The summed E-state index contributed by atoms with van der Waals surface area (Å²) in [7, 11) is 0. The average Bonchev–Trinajstić information content (AvgIpc) is 2.70. The standard InChI is InChI=1S/C10H11ClN2O2/c11-7-3-4-12-9(6-7)13-10(14)8-2-1-5-15-8/h3-4,6,8H,1-2,5H2,(H,12,13,14). The first-order valence-electron chi connectivity index (χ1n) is 4.80. The molecule has 1 saturated heterocycles. The van der Waals surface area contributed by atoms with E-state index in [1.165, 1.54) is 0 Å². The minimum Gasteiger partial charge on any atom is -0.368 e. The molecule has 0 aromatic carbocycles. The number of rotatable bonds is 2. The van der Waals surface area contributed by atoms with Gasteiger partial charge in [0.25, 0.3) is 5.91 Å². The van der Waals surface area contributed by atoms with E-state index in [-0.39, 0.29) is 12.0 Å². The Morgan fingerprint density at radius 3 is 3.20 bits per heavy atom. The van der Waals surface area contributed by atoms with Crippen LogP contribution in [0.2, 0.25) is 5.02 Å². The van der Waals surface area contributed by atoms with Crippen LogP contribution in [0, 0.1) is 0 Å². The summed E-state index contributed by atoms with van der Waals surface area (Å²) in [4.78, 5) is 15.6. The molecular weight excluding hydrogens is 216 g/mol. The molecule has 1 N–H and O–H groups in total. The molecule has 0 aliphatic carbocycles. The molecule has 15 heavy (non-hydrogen) atoms. The number of pyridine rings is 1. The van der Waals surface area contributed by atoms with Crippen molar-refractivity contribution in [2.24, 2.45) is 0 Å². The van der Waals surface area contributed by atoms with E-state index in [1.807, 2.05) is 0 Å². The summed E-state index contributed by atoms with van der Waals surface area (Å²) in [5.74, 6) is 0.310. The highest BCUT2D eigenvalue weighted by Gasteiger charge is 2.23. The fourth-order valence-electron chi connectivity index (χ4n) is 1.46. The quantitative estimate of drug-likeness (QED) is 0.838. The molecule has 5 heteroatoms. The van der Waals surface area contributed by atoms with E-state index >= 15 is 0 Å². The van der Waals surface area contributed by atoms with Gasteiger partial charge in [-0.2, -0.15) is 0 Å². The number of carbonyl (C=O) groups is 1. The number of nitrogens with one attached hydrogen (secondary N) is 1. The molecule has 1 aromatic heterocycles. The molecule has 2 heterocycles. The van der Waals surface area contributed by atoms with Crippen molar-refractivity contribution in [3.8, 4) is 0 Å². The monoisotopic (exact) mass is 226 g/mol. The number of hydrogen-bond acceptors (Lipinski definition) is 3. The van der Waals surface area contributed by atoms with Crippen LogP contribution < -0.4 is 5.32 Å². The molecule has 0 bridgehead atoms. The molecule has 1 amide bonds. The summed E-state index contributed by atoms with van der Waals surface area (Å²) in [6, 6.07) is 3.26. The molecule has 1 unspecified atom stereocenters. The molecule has 0 spiro atoms. The zero-order chi connectivity index (χ0) is 10.7. The lowest BCUT2D eigenvalue weighted by molar-refractivity contribution is -0.124. The van der Waals surface area contributed by atoms with Crippen molar-refractivity contribution in [1.82, 2.24) is 4.98 Å². The van der Waals surface area contributed by atoms with Crippen molar-refractivity contribution in [2.45, 2.75) is 18.9 Å². The molecule has 0 saturated carbocycles. The van der Waals surface area contributed by atoms with Gasteiger partial charge < -0.3 is 10.1 Å². The van der Waals surface area contributed by atoms with Gasteiger partial charge in [-0.1, -0.05) is 11.6 Å². The van der Waals surface area contributed by atoms with E-state index in [4.69, 9.17) is 16.3 Å². The third kappa shape index (κ3) is 2.67. The van der Waals surface area contributed by atoms with E-state index in [0.29, 0.717) is 17.4 Å². The lowest BCUT2D eigenvalue weighted by atomic mass is 10.2. The lowest BCUT2D eigenvalue weighted by Crippen LogP contribution is -2.27. The first-order valence-corrected chi connectivity index (χ1v) is 5.17. The van der Waals surface area contributed by atoms with E-state index in [0.717, 1.165) is 12.8 Å². The van der Waals surface area contributed by atoms with Gasteiger partial charge in [0.05, 0.1) is 0 Å². The van der Waals surface area contributed by atoms with Gasteiger partial charge in [-0.25, -0.2) is 4.98 Å². The van der Waals surface area contributed by atoms with Crippen LogP contribution in [-0.2, 0) is 9.53 Å². The van der Waals surface area contributed by atoms with Gasteiger partial charge in [-0.15, -0.1) is 0 Å². The summed E-state index contributed by atoms with van der Waals surface area (Å²) >= 11 is 5.77. The Morgan fingerprint density at radius 2 is 2.53 bits per heavy atom. The van der Waals surface area contributed by atoms with Crippen LogP contribution in [0.4, 0.5) is 5.82 Å². The number of anilines is 1. The number of halogens is 1. The minimum atomic E-state index is -0.342. The number of amides is 1. The van der Waals surface area contributed by atoms with Crippen molar-refractivity contribution < 1.29 is 9.53 Å². The van der Waals surface area contributed by atoms with Crippen LogP contribution in [0.15, 0.2) is 18.3 Å². The summed E-state index contributed by atoms with van der Waals surface area (Å²) in [6.07, 6.45) is 2.91. The maximum Gasteiger partial charge on any atom is 0.254 e. The molecule has 1 aliphatic rings. The Balaban J connectivity index is 1.99. The Hall–Kier alpha value is -1.13. The topological polar surface area (TPSA) is 51.2 Å². The molecule has 1 fully saturated rings. The van der Waals surface area contributed by atoms with Crippen LogP contribution in [0.25, 0.3) is 0 Å². The molecule has 1 atom stereocenters. The lowest BCUT2D eigenvalue weighted by Gasteiger charge is -2.09. The number of ether oxygens (including phenoxy) is 1. The molecule has 1 aliphatic heterocycles. The van der Waals surface area contributed by atoms with Crippen LogP contribution in [-0.4, -0.2) is 23.6 Å². The highest BCUT2D eigenvalue weighted by atomic mass is 35.5. The van der Waals surface area contributed by atoms with Gasteiger partial charge in [0.1, 0.15) is 11.9 Å². The Kier molecular flexibility index (Phi) is 3.18. The zero-order valence-corrected chi connectivity index (χ0v) is 8.83. The van der Waals surface area contributed by atoms with Crippen molar-refractivity contribution >= 4 is 23.3 Å².